The number of carbonyl (C=O) groups is 1. The molecule has 1 aromatic carbocycles. The van der Waals surface area contributed by atoms with Crippen LogP contribution in [0.15, 0.2) is 24.3 Å². The van der Waals surface area contributed by atoms with Gasteiger partial charge in [0, 0.05) is 11.6 Å². The van der Waals surface area contributed by atoms with Crippen LogP contribution in [0.25, 0.3) is 6.08 Å². The van der Waals surface area contributed by atoms with Gasteiger partial charge in [-0.2, -0.15) is 0 Å². The van der Waals surface area contributed by atoms with Crippen molar-refractivity contribution in [3.8, 4) is 5.75 Å². The molecule has 0 heterocycles. The molecule has 3 heteroatoms. The standard InChI is InChI=1S/C17H22O3/c1-12-6-9-15(10-7-12)20-17-13(2)4-3-5-14(17)8-11-16(18)19/h3-5,8,11-12,15H,6-7,9-10H2,1-2H3,(H,18,19)/b11-8+. The third kappa shape index (κ3) is 3.86. The van der Waals surface area contributed by atoms with Gasteiger partial charge in [-0.25, -0.2) is 4.79 Å². The predicted molar refractivity (Wildman–Crippen MR) is 79.9 cm³/mol. The zero-order chi connectivity index (χ0) is 14.5. The highest BCUT2D eigenvalue weighted by Crippen LogP contribution is 2.31. The molecular formula is C17H22O3. The van der Waals surface area contributed by atoms with E-state index in [2.05, 4.69) is 6.92 Å². The fourth-order valence-corrected chi connectivity index (χ4v) is 2.64. The van der Waals surface area contributed by atoms with Crippen molar-refractivity contribution in [3.05, 3.63) is 35.4 Å². The van der Waals surface area contributed by atoms with Gasteiger partial charge in [-0.05, 0) is 50.2 Å². The van der Waals surface area contributed by atoms with E-state index < -0.39 is 5.97 Å². The molecule has 1 saturated carbocycles. The second-order valence-electron chi connectivity index (χ2n) is 5.66. The van der Waals surface area contributed by atoms with E-state index in [0.29, 0.717) is 0 Å². The zero-order valence-electron chi connectivity index (χ0n) is 12.1. The molecule has 0 radical (unpaired) electrons. The van der Waals surface area contributed by atoms with Crippen molar-refractivity contribution in [2.75, 3.05) is 0 Å². The average Bonchev–Trinajstić information content (AvgIpc) is 2.41. The maximum absolute atomic E-state index is 10.7. The molecule has 0 bridgehead atoms. The second-order valence-corrected chi connectivity index (χ2v) is 5.66. The van der Waals surface area contributed by atoms with Gasteiger partial charge in [-0.3, -0.25) is 0 Å². The van der Waals surface area contributed by atoms with Gasteiger partial charge in [0.25, 0.3) is 0 Å². The molecule has 0 unspecified atom stereocenters. The number of rotatable bonds is 4. The lowest BCUT2D eigenvalue weighted by atomic mass is 9.89. The van der Waals surface area contributed by atoms with Gasteiger partial charge < -0.3 is 9.84 Å². The fraction of sp³-hybridized carbons (Fsp3) is 0.471. The summed E-state index contributed by atoms with van der Waals surface area (Å²) < 4.78 is 6.15. The van der Waals surface area contributed by atoms with Crippen molar-refractivity contribution < 1.29 is 14.6 Å². The normalized spacial score (nSPS) is 22.9. The summed E-state index contributed by atoms with van der Waals surface area (Å²) in [5.41, 5.74) is 1.89. The number of hydrogen-bond acceptors (Lipinski definition) is 2. The van der Waals surface area contributed by atoms with Crippen LogP contribution in [0, 0.1) is 12.8 Å². The summed E-state index contributed by atoms with van der Waals surface area (Å²) in [4.78, 5) is 10.7. The SMILES string of the molecule is Cc1cccc(/C=C/C(=O)O)c1OC1CCC(C)CC1. The molecule has 1 aliphatic carbocycles. The smallest absolute Gasteiger partial charge is 0.328 e. The quantitative estimate of drug-likeness (QED) is 0.842. The summed E-state index contributed by atoms with van der Waals surface area (Å²) >= 11 is 0. The van der Waals surface area contributed by atoms with Crippen LogP contribution in [0.4, 0.5) is 0 Å². The molecule has 20 heavy (non-hydrogen) atoms. The van der Waals surface area contributed by atoms with Gasteiger partial charge in [-0.1, -0.05) is 25.1 Å². The first-order chi connectivity index (χ1) is 9.56. The fourth-order valence-electron chi connectivity index (χ4n) is 2.64. The van der Waals surface area contributed by atoms with Crippen LogP contribution in [0.5, 0.6) is 5.75 Å². The summed E-state index contributed by atoms with van der Waals surface area (Å²) in [5, 5.41) is 8.76. The summed E-state index contributed by atoms with van der Waals surface area (Å²) in [6, 6.07) is 5.82. The maximum Gasteiger partial charge on any atom is 0.328 e. The minimum atomic E-state index is -0.941. The Morgan fingerprint density at radius 1 is 1.30 bits per heavy atom. The molecule has 2 rings (SSSR count). The Bertz CT molecular complexity index is 497. The van der Waals surface area contributed by atoms with E-state index >= 15 is 0 Å². The van der Waals surface area contributed by atoms with Gasteiger partial charge in [0.15, 0.2) is 0 Å². The molecule has 1 aromatic rings. The van der Waals surface area contributed by atoms with Gasteiger partial charge in [0.05, 0.1) is 6.10 Å². The van der Waals surface area contributed by atoms with Gasteiger partial charge in [0.1, 0.15) is 5.75 Å². The van der Waals surface area contributed by atoms with E-state index in [9.17, 15) is 4.79 Å². The van der Waals surface area contributed by atoms with Crippen LogP contribution < -0.4 is 4.74 Å². The van der Waals surface area contributed by atoms with Crippen LogP contribution in [-0.4, -0.2) is 17.2 Å². The minimum absolute atomic E-state index is 0.254. The van der Waals surface area contributed by atoms with Crippen molar-refractivity contribution in [2.24, 2.45) is 5.92 Å². The molecule has 1 N–H and O–H groups in total. The van der Waals surface area contributed by atoms with E-state index in [-0.39, 0.29) is 6.10 Å². The molecule has 0 atom stereocenters. The Labute approximate surface area is 120 Å². The highest BCUT2D eigenvalue weighted by molar-refractivity contribution is 5.86. The Hall–Kier alpha value is -1.77. The van der Waals surface area contributed by atoms with E-state index in [4.69, 9.17) is 9.84 Å². The van der Waals surface area contributed by atoms with Gasteiger partial charge in [-0.15, -0.1) is 0 Å². The largest absolute Gasteiger partial charge is 0.490 e. The lowest BCUT2D eigenvalue weighted by Crippen LogP contribution is -2.23. The molecule has 0 aromatic heterocycles. The van der Waals surface area contributed by atoms with Crippen LogP contribution in [0.2, 0.25) is 0 Å². The highest BCUT2D eigenvalue weighted by atomic mass is 16.5. The minimum Gasteiger partial charge on any atom is -0.490 e. The van der Waals surface area contributed by atoms with Gasteiger partial charge in [0.2, 0.25) is 0 Å². The van der Waals surface area contributed by atoms with Crippen molar-refractivity contribution in [3.63, 3.8) is 0 Å². The van der Waals surface area contributed by atoms with Crippen LogP contribution in [-0.2, 0) is 4.79 Å². The highest BCUT2D eigenvalue weighted by Gasteiger charge is 2.20. The molecule has 0 amide bonds. The number of para-hydroxylation sites is 1. The van der Waals surface area contributed by atoms with Crippen LogP contribution in [0.3, 0.4) is 0 Å². The van der Waals surface area contributed by atoms with Gasteiger partial charge >= 0.3 is 5.97 Å². The van der Waals surface area contributed by atoms with E-state index in [1.807, 2.05) is 25.1 Å². The molecule has 3 nitrogen and oxygen atoms in total. The number of aryl methyl sites for hydroxylation is 1. The lowest BCUT2D eigenvalue weighted by Gasteiger charge is -2.28. The Kier molecular flexibility index (Phi) is 4.83. The maximum atomic E-state index is 10.7. The second kappa shape index (κ2) is 6.60. The Balaban J connectivity index is 2.15. The van der Waals surface area contributed by atoms with Crippen molar-refractivity contribution >= 4 is 12.0 Å². The van der Waals surface area contributed by atoms with E-state index in [1.54, 1.807) is 6.08 Å². The first-order valence-corrected chi connectivity index (χ1v) is 7.23. The van der Waals surface area contributed by atoms with Crippen LogP contribution in [0.1, 0.15) is 43.7 Å². The lowest BCUT2D eigenvalue weighted by molar-refractivity contribution is -0.131. The molecule has 1 aliphatic rings. The third-order valence-corrected chi connectivity index (χ3v) is 3.90. The first kappa shape index (κ1) is 14.6. The van der Waals surface area contributed by atoms with Crippen molar-refractivity contribution in [2.45, 2.75) is 45.6 Å². The number of benzene rings is 1. The molecular weight excluding hydrogens is 252 g/mol. The summed E-state index contributed by atoms with van der Waals surface area (Å²) in [5.74, 6) is 0.673. The molecule has 0 saturated heterocycles. The number of aliphatic carboxylic acids is 1. The zero-order valence-corrected chi connectivity index (χ0v) is 12.1. The molecule has 0 spiro atoms. The number of carboxylic acid groups (broad SMARTS) is 1. The molecule has 1 fully saturated rings. The summed E-state index contributed by atoms with van der Waals surface area (Å²) in [6.07, 6.45) is 7.59. The third-order valence-electron chi connectivity index (χ3n) is 3.90. The number of carboxylic acids is 1. The average molecular weight is 274 g/mol. The van der Waals surface area contributed by atoms with Crippen molar-refractivity contribution in [1.29, 1.82) is 0 Å². The van der Waals surface area contributed by atoms with E-state index in [0.717, 1.165) is 41.7 Å². The Morgan fingerprint density at radius 3 is 2.65 bits per heavy atom. The van der Waals surface area contributed by atoms with E-state index in [1.165, 1.54) is 12.8 Å². The monoisotopic (exact) mass is 274 g/mol. The summed E-state index contributed by atoms with van der Waals surface area (Å²) in [7, 11) is 0. The first-order valence-electron chi connectivity index (χ1n) is 7.23. The molecule has 0 aliphatic heterocycles. The van der Waals surface area contributed by atoms with Crippen LogP contribution >= 0.6 is 0 Å². The number of ether oxygens (including phenoxy) is 1. The van der Waals surface area contributed by atoms with Crippen molar-refractivity contribution in [1.82, 2.24) is 0 Å². The Morgan fingerprint density at radius 2 is 2.00 bits per heavy atom. The predicted octanol–water partition coefficient (Wildman–Crippen LogP) is 4.05. The summed E-state index contributed by atoms with van der Waals surface area (Å²) in [6.45, 7) is 4.28. The number of hydrogen-bond donors (Lipinski definition) is 1. The molecule has 108 valence electrons. The topological polar surface area (TPSA) is 46.5 Å².